The van der Waals surface area contributed by atoms with Crippen LogP contribution in [0.2, 0.25) is 0 Å². The van der Waals surface area contributed by atoms with Crippen molar-refractivity contribution in [3.8, 4) is 5.75 Å². The van der Waals surface area contributed by atoms with Crippen LogP contribution in [0, 0.1) is 5.82 Å². The highest BCUT2D eigenvalue weighted by atomic mass is 35.5. The molecule has 17 heavy (non-hydrogen) atoms. The summed E-state index contributed by atoms with van der Waals surface area (Å²) in [6.07, 6.45) is 0. The number of rotatable bonds is 4. The number of carbonyl (C=O) groups is 1. The van der Waals surface area contributed by atoms with Gasteiger partial charge in [0.2, 0.25) is 0 Å². The van der Waals surface area contributed by atoms with E-state index >= 15 is 0 Å². The van der Waals surface area contributed by atoms with Gasteiger partial charge in [0.25, 0.3) is 5.91 Å². The van der Waals surface area contributed by atoms with E-state index in [2.05, 4.69) is 0 Å². The van der Waals surface area contributed by atoms with Gasteiger partial charge in [0.15, 0.2) is 0 Å². The quantitative estimate of drug-likeness (QED) is 0.778. The number of alkyl halides is 1. The lowest BCUT2D eigenvalue weighted by atomic mass is 10.1. The van der Waals surface area contributed by atoms with Crippen LogP contribution in [0.1, 0.15) is 17.3 Å². The average molecular weight is 260 g/mol. The third-order valence-corrected chi connectivity index (χ3v) is 3.06. The molecular formula is C12H15ClFNO2. The molecule has 0 aliphatic carbocycles. The summed E-state index contributed by atoms with van der Waals surface area (Å²) in [6, 6.07) is 4.11. The fourth-order valence-corrected chi connectivity index (χ4v) is 1.57. The third-order valence-electron chi connectivity index (χ3n) is 2.61. The predicted octanol–water partition coefficient (Wildman–Crippen LogP) is 2.53. The molecule has 0 saturated carbocycles. The number of amides is 1. The standard InChI is InChI=1S/C12H15ClFNO2/c1-8(7-13)15(2)12(16)11-9(14)5-4-6-10(11)17-3/h4-6,8H,7H2,1-3H3. The van der Waals surface area contributed by atoms with Crippen molar-refractivity contribution in [3.05, 3.63) is 29.6 Å². The molecule has 1 amide bonds. The second kappa shape index (κ2) is 5.87. The van der Waals surface area contributed by atoms with E-state index in [-0.39, 0.29) is 17.4 Å². The number of halogens is 2. The number of ether oxygens (including phenoxy) is 1. The van der Waals surface area contributed by atoms with Gasteiger partial charge in [-0.3, -0.25) is 4.79 Å². The molecule has 1 rings (SSSR count). The largest absolute Gasteiger partial charge is 0.496 e. The summed E-state index contributed by atoms with van der Waals surface area (Å²) < 4.78 is 18.6. The minimum atomic E-state index is -0.594. The van der Waals surface area contributed by atoms with Crippen molar-refractivity contribution in [2.45, 2.75) is 13.0 Å². The smallest absolute Gasteiger partial charge is 0.260 e. The van der Waals surface area contributed by atoms with Crippen molar-refractivity contribution in [1.29, 1.82) is 0 Å². The topological polar surface area (TPSA) is 29.5 Å². The van der Waals surface area contributed by atoms with Crippen molar-refractivity contribution in [2.24, 2.45) is 0 Å². The van der Waals surface area contributed by atoms with Gasteiger partial charge in [-0.15, -0.1) is 11.6 Å². The van der Waals surface area contributed by atoms with Gasteiger partial charge in [-0.1, -0.05) is 6.07 Å². The number of carbonyl (C=O) groups excluding carboxylic acids is 1. The minimum Gasteiger partial charge on any atom is -0.496 e. The molecule has 0 radical (unpaired) electrons. The van der Waals surface area contributed by atoms with Crippen molar-refractivity contribution in [1.82, 2.24) is 4.90 Å². The van der Waals surface area contributed by atoms with E-state index in [9.17, 15) is 9.18 Å². The van der Waals surface area contributed by atoms with E-state index in [0.717, 1.165) is 0 Å². The van der Waals surface area contributed by atoms with Gasteiger partial charge in [0.05, 0.1) is 7.11 Å². The van der Waals surface area contributed by atoms with E-state index in [1.165, 1.54) is 24.1 Å². The van der Waals surface area contributed by atoms with Crippen LogP contribution in [0.4, 0.5) is 4.39 Å². The molecule has 0 N–H and O–H groups in total. The molecule has 5 heteroatoms. The van der Waals surface area contributed by atoms with Gasteiger partial charge in [-0.2, -0.15) is 0 Å². The Kier molecular flexibility index (Phi) is 4.75. The Morgan fingerprint density at radius 2 is 2.24 bits per heavy atom. The maximum absolute atomic E-state index is 13.7. The summed E-state index contributed by atoms with van der Waals surface area (Å²) in [4.78, 5) is 13.5. The minimum absolute atomic E-state index is 0.0607. The van der Waals surface area contributed by atoms with Crippen molar-refractivity contribution >= 4 is 17.5 Å². The highest BCUT2D eigenvalue weighted by Crippen LogP contribution is 2.23. The first-order valence-corrected chi connectivity index (χ1v) is 5.72. The summed E-state index contributed by atoms with van der Waals surface area (Å²) in [5, 5.41) is 0. The Bertz CT molecular complexity index is 411. The molecule has 0 heterocycles. The maximum atomic E-state index is 13.7. The fourth-order valence-electron chi connectivity index (χ4n) is 1.36. The summed E-state index contributed by atoms with van der Waals surface area (Å²) in [7, 11) is 2.98. The molecule has 0 spiro atoms. The van der Waals surface area contributed by atoms with Crippen molar-refractivity contribution < 1.29 is 13.9 Å². The summed E-state index contributed by atoms with van der Waals surface area (Å²) >= 11 is 5.67. The number of nitrogens with zero attached hydrogens (tertiary/aromatic N) is 1. The molecule has 3 nitrogen and oxygen atoms in total. The highest BCUT2D eigenvalue weighted by molar-refractivity contribution is 6.18. The van der Waals surface area contributed by atoms with Gasteiger partial charge in [0.1, 0.15) is 17.1 Å². The van der Waals surface area contributed by atoms with Crippen LogP contribution in [0.15, 0.2) is 18.2 Å². The van der Waals surface area contributed by atoms with Crippen LogP contribution in [-0.4, -0.2) is 36.9 Å². The van der Waals surface area contributed by atoms with Crippen LogP contribution < -0.4 is 4.74 Å². The molecule has 1 atom stereocenters. The van der Waals surface area contributed by atoms with E-state index in [0.29, 0.717) is 5.88 Å². The lowest BCUT2D eigenvalue weighted by molar-refractivity contribution is 0.0748. The molecule has 0 saturated heterocycles. The lowest BCUT2D eigenvalue weighted by Gasteiger charge is -2.24. The Hall–Kier alpha value is -1.29. The molecule has 0 aliphatic heterocycles. The Morgan fingerprint density at radius 3 is 2.76 bits per heavy atom. The second-order valence-electron chi connectivity index (χ2n) is 3.74. The average Bonchev–Trinajstić information content (AvgIpc) is 2.35. The summed E-state index contributed by atoms with van der Waals surface area (Å²) in [6.45, 7) is 1.79. The maximum Gasteiger partial charge on any atom is 0.260 e. The Labute approximate surface area is 105 Å². The second-order valence-corrected chi connectivity index (χ2v) is 4.05. The highest BCUT2D eigenvalue weighted by Gasteiger charge is 2.23. The van der Waals surface area contributed by atoms with Gasteiger partial charge in [-0.05, 0) is 19.1 Å². The molecule has 1 unspecified atom stereocenters. The molecule has 0 fully saturated rings. The monoisotopic (exact) mass is 259 g/mol. The van der Waals surface area contributed by atoms with Gasteiger partial charge in [0, 0.05) is 19.0 Å². The SMILES string of the molecule is COc1cccc(F)c1C(=O)N(C)C(C)CCl. The van der Waals surface area contributed by atoms with E-state index in [4.69, 9.17) is 16.3 Å². The molecule has 1 aromatic carbocycles. The molecule has 0 bridgehead atoms. The molecular weight excluding hydrogens is 245 g/mol. The van der Waals surface area contributed by atoms with Crippen molar-refractivity contribution in [2.75, 3.05) is 20.0 Å². The normalized spacial score (nSPS) is 12.1. The predicted molar refractivity (Wildman–Crippen MR) is 65.2 cm³/mol. The van der Waals surface area contributed by atoms with Crippen molar-refractivity contribution in [3.63, 3.8) is 0 Å². The van der Waals surface area contributed by atoms with Crippen LogP contribution in [0.5, 0.6) is 5.75 Å². The Morgan fingerprint density at radius 1 is 1.59 bits per heavy atom. The van der Waals surface area contributed by atoms with Gasteiger partial charge < -0.3 is 9.64 Å². The first kappa shape index (κ1) is 13.8. The number of hydrogen-bond donors (Lipinski definition) is 0. The van der Waals surface area contributed by atoms with E-state index in [1.54, 1.807) is 20.0 Å². The van der Waals surface area contributed by atoms with Crippen LogP contribution >= 0.6 is 11.6 Å². The fraction of sp³-hybridized carbons (Fsp3) is 0.417. The zero-order valence-electron chi connectivity index (χ0n) is 10.0. The number of hydrogen-bond acceptors (Lipinski definition) is 2. The molecule has 94 valence electrons. The zero-order valence-corrected chi connectivity index (χ0v) is 10.8. The first-order chi connectivity index (χ1) is 8.02. The summed E-state index contributed by atoms with van der Waals surface area (Å²) in [5.74, 6) is -0.515. The van der Waals surface area contributed by atoms with E-state index < -0.39 is 11.7 Å². The van der Waals surface area contributed by atoms with Crippen LogP contribution in [0.3, 0.4) is 0 Å². The molecule has 0 aliphatic rings. The summed E-state index contributed by atoms with van der Waals surface area (Å²) in [5.41, 5.74) is -0.0607. The first-order valence-electron chi connectivity index (χ1n) is 5.18. The number of benzene rings is 1. The van der Waals surface area contributed by atoms with E-state index in [1.807, 2.05) is 0 Å². The number of methoxy groups -OCH3 is 1. The van der Waals surface area contributed by atoms with Crippen LogP contribution in [-0.2, 0) is 0 Å². The van der Waals surface area contributed by atoms with Crippen LogP contribution in [0.25, 0.3) is 0 Å². The lowest BCUT2D eigenvalue weighted by Crippen LogP contribution is -2.36. The van der Waals surface area contributed by atoms with Gasteiger partial charge >= 0.3 is 0 Å². The Balaban J connectivity index is 3.11. The molecule has 1 aromatic rings. The third kappa shape index (κ3) is 2.88. The van der Waals surface area contributed by atoms with Gasteiger partial charge in [-0.25, -0.2) is 4.39 Å². The molecule has 0 aromatic heterocycles. The zero-order chi connectivity index (χ0) is 13.0.